The van der Waals surface area contributed by atoms with Crippen LogP contribution in [-0.4, -0.2) is 25.1 Å². The van der Waals surface area contributed by atoms with Crippen LogP contribution in [0, 0.1) is 0 Å². The van der Waals surface area contributed by atoms with Crippen LogP contribution in [0.15, 0.2) is 0 Å². The molecule has 0 saturated carbocycles. The Bertz CT molecular complexity index is 362. The summed E-state index contributed by atoms with van der Waals surface area (Å²) in [5, 5.41) is 4.61. The van der Waals surface area contributed by atoms with Gasteiger partial charge in [0.2, 0.25) is 0 Å². The van der Waals surface area contributed by atoms with Crippen LogP contribution in [0.1, 0.15) is 63.4 Å². The zero-order chi connectivity index (χ0) is 14.3. The van der Waals surface area contributed by atoms with E-state index >= 15 is 0 Å². The predicted octanol–water partition coefficient (Wildman–Crippen LogP) is 4.00. The summed E-state index contributed by atoms with van der Waals surface area (Å²) in [6.07, 6.45) is 3.62. The van der Waals surface area contributed by atoms with Gasteiger partial charge in [-0.2, -0.15) is 0 Å². The van der Waals surface area contributed by atoms with E-state index in [0.29, 0.717) is 5.92 Å². The van der Waals surface area contributed by atoms with E-state index < -0.39 is 0 Å². The van der Waals surface area contributed by atoms with Crippen molar-refractivity contribution >= 4 is 16.5 Å². The van der Waals surface area contributed by atoms with Gasteiger partial charge in [0, 0.05) is 25.0 Å². The number of rotatable bonds is 9. The number of unbranched alkanes of at least 4 members (excludes halogenated alkanes) is 1. The first kappa shape index (κ1) is 16.4. The van der Waals surface area contributed by atoms with Crippen LogP contribution < -0.4 is 10.2 Å². The second-order valence-corrected chi connectivity index (χ2v) is 6.23. The normalized spacial score (nSPS) is 12.7. The van der Waals surface area contributed by atoms with Crippen LogP contribution >= 0.6 is 11.3 Å². The second kappa shape index (κ2) is 8.54. The van der Waals surface area contributed by atoms with Crippen molar-refractivity contribution in [1.82, 2.24) is 10.3 Å². The predicted molar refractivity (Wildman–Crippen MR) is 86.4 cm³/mol. The molecule has 0 bridgehead atoms. The molecule has 0 spiro atoms. The van der Waals surface area contributed by atoms with E-state index in [1.54, 1.807) is 0 Å². The van der Waals surface area contributed by atoms with Gasteiger partial charge in [-0.3, -0.25) is 0 Å². The molecule has 0 aliphatic carbocycles. The second-order valence-electron chi connectivity index (χ2n) is 5.17. The quantitative estimate of drug-likeness (QED) is 0.742. The molecule has 19 heavy (non-hydrogen) atoms. The molecule has 0 aromatic carbocycles. The molecular formula is C15H29N3S. The van der Waals surface area contributed by atoms with Crippen LogP contribution in [0.4, 0.5) is 5.13 Å². The van der Waals surface area contributed by atoms with Gasteiger partial charge in [0.1, 0.15) is 0 Å². The van der Waals surface area contributed by atoms with E-state index in [2.05, 4.69) is 45.0 Å². The molecule has 1 unspecified atom stereocenters. The Labute approximate surface area is 122 Å². The number of hydrogen-bond acceptors (Lipinski definition) is 4. The number of thiazole rings is 1. The SMILES string of the molecule is CCCCN(C)c1nc(C(C)CC)c(CNCC)s1. The fourth-order valence-corrected chi connectivity index (χ4v) is 3.09. The maximum Gasteiger partial charge on any atom is 0.185 e. The maximum absolute atomic E-state index is 4.89. The lowest BCUT2D eigenvalue weighted by molar-refractivity contribution is 0.676. The van der Waals surface area contributed by atoms with Crippen molar-refractivity contribution in [1.29, 1.82) is 0 Å². The highest BCUT2D eigenvalue weighted by molar-refractivity contribution is 7.15. The smallest absolute Gasteiger partial charge is 0.185 e. The summed E-state index contributed by atoms with van der Waals surface area (Å²) >= 11 is 1.85. The Kier molecular flexibility index (Phi) is 7.39. The molecule has 0 amide bonds. The molecule has 1 atom stereocenters. The van der Waals surface area contributed by atoms with Gasteiger partial charge in [0.15, 0.2) is 5.13 Å². The Morgan fingerprint density at radius 3 is 2.63 bits per heavy atom. The van der Waals surface area contributed by atoms with Gasteiger partial charge < -0.3 is 10.2 Å². The minimum Gasteiger partial charge on any atom is -0.351 e. The minimum absolute atomic E-state index is 0.554. The van der Waals surface area contributed by atoms with Gasteiger partial charge in [0.25, 0.3) is 0 Å². The molecule has 0 fully saturated rings. The fourth-order valence-electron chi connectivity index (χ4n) is 1.95. The van der Waals surface area contributed by atoms with Crippen LogP contribution in [0.25, 0.3) is 0 Å². The third kappa shape index (κ3) is 4.77. The van der Waals surface area contributed by atoms with Gasteiger partial charge in [-0.1, -0.05) is 34.1 Å². The molecule has 3 nitrogen and oxygen atoms in total. The molecule has 1 aromatic rings. The van der Waals surface area contributed by atoms with Crippen LogP contribution in [-0.2, 0) is 6.54 Å². The van der Waals surface area contributed by atoms with Crippen molar-refractivity contribution in [3.05, 3.63) is 10.6 Å². The van der Waals surface area contributed by atoms with E-state index in [4.69, 9.17) is 4.98 Å². The molecule has 4 heteroatoms. The van der Waals surface area contributed by atoms with E-state index in [-0.39, 0.29) is 0 Å². The first-order chi connectivity index (χ1) is 9.13. The maximum atomic E-state index is 4.89. The third-order valence-corrected chi connectivity index (χ3v) is 4.69. The molecule has 0 radical (unpaired) electrons. The van der Waals surface area contributed by atoms with Crippen molar-refractivity contribution in [3.8, 4) is 0 Å². The van der Waals surface area contributed by atoms with Crippen molar-refractivity contribution in [3.63, 3.8) is 0 Å². The van der Waals surface area contributed by atoms with Gasteiger partial charge >= 0.3 is 0 Å². The zero-order valence-corrected chi connectivity index (χ0v) is 13.9. The summed E-state index contributed by atoms with van der Waals surface area (Å²) in [7, 11) is 2.16. The number of nitrogens with zero attached hydrogens (tertiary/aromatic N) is 2. The van der Waals surface area contributed by atoms with Crippen molar-refractivity contribution < 1.29 is 0 Å². The van der Waals surface area contributed by atoms with Gasteiger partial charge in [-0.25, -0.2) is 4.98 Å². The van der Waals surface area contributed by atoms with Crippen LogP contribution in [0.5, 0.6) is 0 Å². The molecular weight excluding hydrogens is 254 g/mol. The van der Waals surface area contributed by atoms with Crippen LogP contribution in [0.2, 0.25) is 0 Å². The molecule has 1 rings (SSSR count). The summed E-state index contributed by atoms with van der Waals surface area (Å²) in [4.78, 5) is 8.60. The average Bonchev–Trinajstić information content (AvgIpc) is 2.85. The lowest BCUT2D eigenvalue weighted by Gasteiger charge is -2.14. The minimum atomic E-state index is 0.554. The molecule has 110 valence electrons. The van der Waals surface area contributed by atoms with E-state index in [9.17, 15) is 0 Å². The van der Waals surface area contributed by atoms with Crippen molar-refractivity contribution in [2.75, 3.05) is 25.0 Å². The van der Waals surface area contributed by atoms with Crippen LogP contribution in [0.3, 0.4) is 0 Å². The average molecular weight is 283 g/mol. The summed E-state index contributed by atoms with van der Waals surface area (Å²) in [6.45, 7) is 12.0. The summed E-state index contributed by atoms with van der Waals surface area (Å²) in [5.74, 6) is 0.554. The molecule has 0 aliphatic rings. The van der Waals surface area contributed by atoms with E-state index in [1.165, 1.54) is 28.5 Å². The Morgan fingerprint density at radius 2 is 2.05 bits per heavy atom. The monoisotopic (exact) mass is 283 g/mol. The van der Waals surface area contributed by atoms with Gasteiger partial charge in [-0.15, -0.1) is 11.3 Å². The first-order valence-electron chi connectivity index (χ1n) is 7.55. The van der Waals surface area contributed by atoms with Crippen molar-refractivity contribution in [2.24, 2.45) is 0 Å². The number of nitrogens with one attached hydrogen (secondary N) is 1. The van der Waals surface area contributed by atoms with E-state index in [1.807, 2.05) is 11.3 Å². The largest absolute Gasteiger partial charge is 0.351 e. The van der Waals surface area contributed by atoms with Gasteiger partial charge in [-0.05, 0) is 25.3 Å². The third-order valence-electron chi connectivity index (χ3n) is 3.50. The fraction of sp³-hybridized carbons (Fsp3) is 0.800. The zero-order valence-electron chi connectivity index (χ0n) is 13.1. The van der Waals surface area contributed by atoms with Gasteiger partial charge in [0.05, 0.1) is 5.69 Å². The molecule has 0 saturated heterocycles. The molecule has 1 aromatic heterocycles. The number of aromatic nitrogens is 1. The number of hydrogen-bond donors (Lipinski definition) is 1. The first-order valence-corrected chi connectivity index (χ1v) is 8.37. The standard InChI is InChI=1S/C15H29N3S/c1-6-9-10-18(5)15-17-14(12(4)7-2)13(19-15)11-16-8-3/h12,16H,6-11H2,1-5H3. The Morgan fingerprint density at radius 1 is 1.32 bits per heavy atom. The topological polar surface area (TPSA) is 28.2 Å². The highest BCUT2D eigenvalue weighted by Gasteiger charge is 2.17. The lowest BCUT2D eigenvalue weighted by atomic mass is 10.0. The lowest BCUT2D eigenvalue weighted by Crippen LogP contribution is -2.18. The summed E-state index contributed by atoms with van der Waals surface area (Å²) < 4.78 is 0. The summed E-state index contributed by atoms with van der Waals surface area (Å²) in [6, 6.07) is 0. The highest BCUT2D eigenvalue weighted by Crippen LogP contribution is 2.31. The Balaban J connectivity index is 2.85. The summed E-state index contributed by atoms with van der Waals surface area (Å²) in [5.41, 5.74) is 1.30. The number of anilines is 1. The van der Waals surface area contributed by atoms with Crippen molar-refractivity contribution in [2.45, 2.75) is 59.4 Å². The molecule has 0 aliphatic heterocycles. The molecule has 1 N–H and O–H groups in total. The molecule has 1 heterocycles. The highest BCUT2D eigenvalue weighted by atomic mass is 32.1. The van der Waals surface area contributed by atoms with E-state index in [0.717, 1.165) is 26.1 Å². The Hall–Kier alpha value is -0.610.